The Balaban J connectivity index is 1.92. The minimum atomic E-state index is -0.566. The summed E-state index contributed by atoms with van der Waals surface area (Å²) in [6.45, 7) is 6.63. The van der Waals surface area contributed by atoms with Crippen molar-refractivity contribution in [1.82, 2.24) is 4.57 Å². The molecule has 2 aliphatic rings. The number of nitrogens with zero attached hydrogens (tertiary/aromatic N) is 1. The molecule has 1 saturated carbocycles. The molecule has 0 bridgehead atoms. The van der Waals surface area contributed by atoms with E-state index in [-0.39, 0.29) is 17.8 Å². The summed E-state index contributed by atoms with van der Waals surface area (Å²) < 4.78 is 8.36. The molecule has 126 valence electrons. The highest BCUT2D eigenvalue weighted by atomic mass is 16.5. The highest BCUT2D eigenvalue weighted by Crippen LogP contribution is 2.42. The number of hydrogen-bond acceptors (Lipinski definition) is 4. The van der Waals surface area contributed by atoms with Crippen molar-refractivity contribution >= 4 is 5.82 Å². The second-order valence-electron chi connectivity index (χ2n) is 7.07. The second kappa shape index (κ2) is 5.73. The van der Waals surface area contributed by atoms with Crippen LogP contribution in [-0.2, 0) is 4.74 Å². The average Bonchev–Trinajstić information content (AvgIpc) is 2.82. The lowest BCUT2D eigenvalue weighted by Crippen LogP contribution is -2.47. The minimum Gasteiger partial charge on any atom is -0.508 e. The van der Waals surface area contributed by atoms with Gasteiger partial charge in [0.25, 0.3) is 0 Å². The van der Waals surface area contributed by atoms with E-state index >= 15 is 0 Å². The van der Waals surface area contributed by atoms with Crippen LogP contribution in [-0.4, -0.2) is 27.9 Å². The van der Waals surface area contributed by atoms with E-state index in [0.717, 1.165) is 24.1 Å². The topological polar surface area (TPSA) is 86.4 Å². The fourth-order valence-electron chi connectivity index (χ4n) is 3.63. The van der Waals surface area contributed by atoms with Gasteiger partial charge in [-0.1, -0.05) is 0 Å². The fraction of sp³-hybridized carbons (Fsp3) is 0.556. The number of aryl methyl sites for hydroxylation is 1. The maximum Gasteiger partial charge on any atom is 0.116 e. The van der Waals surface area contributed by atoms with Gasteiger partial charge in [-0.2, -0.15) is 0 Å². The van der Waals surface area contributed by atoms with Crippen molar-refractivity contribution in [3.05, 3.63) is 41.3 Å². The number of aromatic nitrogens is 1. The van der Waals surface area contributed by atoms with Gasteiger partial charge in [-0.3, -0.25) is 0 Å². The number of anilines is 1. The van der Waals surface area contributed by atoms with Crippen molar-refractivity contribution in [3.63, 3.8) is 0 Å². The van der Waals surface area contributed by atoms with E-state index in [1.807, 2.05) is 43.5 Å². The second-order valence-corrected chi connectivity index (χ2v) is 7.07. The molecule has 5 nitrogen and oxygen atoms in total. The predicted molar refractivity (Wildman–Crippen MR) is 92.1 cm³/mol. The maximum absolute atomic E-state index is 10.2. The molecule has 4 unspecified atom stereocenters. The lowest BCUT2D eigenvalue weighted by molar-refractivity contribution is -0.0571. The molecule has 0 saturated heterocycles. The molecule has 1 fully saturated rings. The molecule has 0 aromatic carbocycles. The normalized spacial score (nSPS) is 33.8. The quantitative estimate of drug-likeness (QED) is 0.797. The number of nitrogen functional groups attached to an aromatic ring is 1. The monoisotopic (exact) mass is 317 g/mol. The molecular formula is C18H27N3O2. The molecule has 0 radical (unpaired) electrons. The third-order valence-corrected chi connectivity index (χ3v) is 5.43. The van der Waals surface area contributed by atoms with E-state index in [2.05, 4.69) is 0 Å². The average molecular weight is 317 g/mol. The predicted octanol–water partition coefficient (Wildman–Crippen LogP) is 2.83. The molecule has 0 aliphatic heterocycles. The molecule has 0 amide bonds. The van der Waals surface area contributed by atoms with Gasteiger partial charge in [0.2, 0.25) is 0 Å². The summed E-state index contributed by atoms with van der Waals surface area (Å²) in [6.07, 6.45) is 5.86. The van der Waals surface area contributed by atoms with E-state index < -0.39 is 5.60 Å². The van der Waals surface area contributed by atoms with Crippen LogP contribution in [0.2, 0.25) is 0 Å². The molecule has 23 heavy (non-hydrogen) atoms. The Morgan fingerprint density at radius 2 is 2.09 bits per heavy atom. The zero-order chi connectivity index (χ0) is 16.8. The van der Waals surface area contributed by atoms with Gasteiger partial charge in [-0.15, -0.1) is 0 Å². The highest BCUT2D eigenvalue weighted by molar-refractivity contribution is 5.41. The van der Waals surface area contributed by atoms with Crippen molar-refractivity contribution in [3.8, 4) is 0 Å². The number of allylic oxidation sites excluding steroid dienone is 1. The first kappa shape index (κ1) is 16.1. The smallest absolute Gasteiger partial charge is 0.116 e. The first-order chi connectivity index (χ1) is 10.8. The lowest BCUT2D eigenvalue weighted by Gasteiger charge is -2.43. The van der Waals surface area contributed by atoms with Gasteiger partial charge in [0, 0.05) is 11.7 Å². The summed E-state index contributed by atoms with van der Waals surface area (Å²) in [4.78, 5) is 0. The van der Waals surface area contributed by atoms with E-state index in [4.69, 9.17) is 16.2 Å². The molecule has 3 rings (SSSR count). The summed E-state index contributed by atoms with van der Waals surface area (Å²) in [5, 5.41) is 10.2. The van der Waals surface area contributed by atoms with Crippen molar-refractivity contribution in [2.45, 2.75) is 51.3 Å². The van der Waals surface area contributed by atoms with Crippen molar-refractivity contribution in [1.29, 1.82) is 0 Å². The van der Waals surface area contributed by atoms with Gasteiger partial charge in [0.1, 0.15) is 17.2 Å². The van der Waals surface area contributed by atoms with E-state index in [1.165, 1.54) is 0 Å². The Kier molecular flexibility index (Phi) is 4.02. The lowest BCUT2D eigenvalue weighted by atomic mass is 9.80. The zero-order valence-corrected chi connectivity index (χ0v) is 14.1. The van der Waals surface area contributed by atoms with Crippen molar-refractivity contribution < 1.29 is 9.84 Å². The Morgan fingerprint density at radius 1 is 1.35 bits per heavy atom. The van der Waals surface area contributed by atoms with E-state index in [9.17, 15) is 5.11 Å². The summed E-state index contributed by atoms with van der Waals surface area (Å²) in [5.74, 6) is 1.37. The Hall–Kier alpha value is -1.72. The van der Waals surface area contributed by atoms with Gasteiger partial charge in [-0.05, 0) is 69.4 Å². The van der Waals surface area contributed by atoms with Gasteiger partial charge in [0.15, 0.2) is 0 Å². The highest BCUT2D eigenvalue weighted by Gasteiger charge is 2.41. The van der Waals surface area contributed by atoms with Gasteiger partial charge in [-0.25, -0.2) is 0 Å². The summed E-state index contributed by atoms with van der Waals surface area (Å²) in [5.41, 5.74) is 13.6. The van der Waals surface area contributed by atoms with Crippen LogP contribution in [0.4, 0.5) is 5.82 Å². The van der Waals surface area contributed by atoms with Crippen LogP contribution >= 0.6 is 0 Å². The summed E-state index contributed by atoms with van der Waals surface area (Å²) in [6, 6.07) is 3.95. The summed E-state index contributed by atoms with van der Waals surface area (Å²) in [7, 11) is 0. The first-order valence-corrected chi connectivity index (χ1v) is 8.25. The van der Waals surface area contributed by atoms with Gasteiger partial charge in [0.05, 0.1) is 12.6 Å². The molecular weight excluding hydrogens is 290 g/mol. The Morgan fingerprint density at radius 3 is 2.61 bits per heavy atom. The molecule has 1 aromatic heterocycles. The first-order valence-electron chi connectivity index (χ1n) is 8.25. The molecule has 4 atom stereocenters. The van der Waals surface area contributed by atoms with Crippen LogP contribution in [0, 0.1) is 12.8 Å². The van der Waals surface area contributed by atoms with E-state index in [1.54, 1.807) is 6.08 Å². The number of nitrogens with two attached hydrogens (primary N) is 2. The number of ether oxygens (including phenoxy) is 1. The van der Waals surface area contributed by atoms with Crippen LogP contribution in [0.25, 0.3) is 0 Å². The Labute approximate surface area is 137 Å². The number of aliphatic hydroxyl groups excluding tert-OH is 1. The third kappa shape index (κ3) is 2.68. The zero-order valence-electron chi connectivity index (χ0n) is 14.1. The standard InChI is InChI=1S/C18H27N3O2/c1-11-4-7-16(20)21(11)17-12(2)15(22)8-9-18(17,3)23-10-13-5-6-14(13)19/h4,7-9,13-14,17,22H,5-6,10,19-20H2,1-3H3. The SMILES string of the molecule is CC1=C(O)C=CC(C)(OCC2CCC2N)C1n1c(C)ccc1N. The van der Waals surface area contributed by atoms with Crippen LogP contribution in [0.5, 0.6) is 0 Å². The van der Waals surface area contributed by atoms with E-state index in [0.29, 0.717) is 18.3 Å². The van der Waals surface area contributed by atoms with Gasteiger partial charge >= 0.3 is 0 Å². The fourth-order valence-corrected chi connectivity index (χ4v) is 3.63. The number of rotatable bonds is 4. The number of aliphatic hydroxyl groups is 1. The van der Waals surface area contributed by atoms with Crippen LogP contribution in [0.3, 0.4) is 0 Å². The third-order valence-electron chi connectivity index (χ3n) is 5.43. The largest absolute Gasteiger partial charge is 0.508 e. The van der Waals surface area contributed by atoms with Crippen LogP contribution in [0.1, 0.15) is 38.4 Å². The molecule has 1 heterocycles. The van der Waals surface area contributed by atoms with Crippen molar-refractivity contribution in [2.24, 2.45) is 11.7 Å². The molecule has 5 N–H and O–H groups in total. The minimum absolute atomic E-state index is 0.168. The number of hydrogen-bond donors (Lipinski definition) is 3. The molecule has 1 aromatic rings. The maximum atomic E-state index is 10.2. The van der Waals surface area contributed by atoms with Crippen LogP contribution in [0.15, 0.2) is 35.6 Å². The van der Waals surface area contributed by atoms with Crippen molar-refractivity contribution in [2.75, 3.05) is 12.3 Å². The van der Waals surface area contributed by atoms with Gasteiger partial charge < -0.3 is 25.9 Å². The summed E-state index contributed by atoms with van der Waals surface area (Å²) >= 11 is 0. The molecule has 5 heteroatoms. The molecule has 2 aliphatic carbocycles. The molecule has 0 spiro atoms. The Bertz CT molecular complexity index is 642. The van der Waals surface area contributed by atoms with Crippen LogP contribution < -0.4 is 11.5 Å².